The molecule has 32 heavy (non-hydrogen) atoms. The Hall–Kier alpha value is -2.76. The van der Waals surface area contributed by atoms with E-state index >= 15 is 0 Å². The van der Waals surface area contributed by atoms with Crippen molar-refractivity contribution in [3.8, 4) is 0 Å². The van der Waals surface area contributed by atoms with Crippen LogP contribution in [-0.2, 0) is 19.6 Å². The van der Waals surface area contributed by atoms with Gasteiger partial charge in [-0.1, -0.05) is 6.92 Å². The van der Waals surface area contributed by atoms with Gasteiger partial charge in [-0.25, -0.2) is 13.2 Å². The maximum Gasteiger partial charge on any atom is 0.338 e. The minimum absolute atomic E-state index is 0.103. The first kappa shape index (κ1) is 23.9. The predicted octanol–water partition coefficient (Wildman–Crippen LogP) is 2.45. The summed E-state index contributed by atoms with van der Waals surface area (Å²) in [5.74, 6) is -1.58. The number of amides is 2. The Bertz CT molecular complexity index is 1100. The van der Waals surface area contributed by atoms with Gasteiger partial charge in [0.15, 0.2) is 6.10 Å². The highest BCUT2D eigenvalue weighted by Crippen LogP contribution is 2.25. The van der Waals surface area contributed by atoms with Crippen LogP contribution in [0.1, 0.15) is 47.4 Å². The number of ether oxygens (including phenoxy) is 1. The van der Waals surface area contributed by atoms with E-state index in [1.165, 1.54) is 41.6 Å². The number of nitrogens with two attached hydrogens (primary N) is 1. The van der Waals surface area contributed by atoms with E-state index in [2.05, 4.69) is 12.2 Å². The summed E-state index contributed by atoms with van der Waals surface area (Å²) in [6.45, 7) is 4.44. The Labute approximate surface area is 190 Å². The number of rotatable bonds is 7. The molecule has 9 nitrogen and oxygen atoms in total. The van der Waals surface area contributed by atoms with E-state index in [4.69, 9.17) is 10.5 Å². The second-order valence-electron chi connectivity index (χ2n) is 7.68. The van der Waals surface area contributed by atoms with Crippen LogP contribution in [0.4, 0.5) is 5.00 Å². The first-order chi connectivity index (χ1) is 15.1. The van der Waals surface area contributed by atoms with E-state index in [0.717, 1.165) is 24.2 Å². The average Bonchev–Trinajstić information content (AvgIpc) is 3.22. The Morgan fingerprint density at radius 2 is 1.78 bits per heavy atom. The molecule has 1 saturated heterocycles. The summed E-state index contributed by atoms with van der Waals surface area (Å²) in [5.41, 5.74) is 5.53. The number of nitrogens with zero attached hydrogens (tertiary/aromatic N) is 1. The summed E-state index contributed by atoms with van der Waals surface area (Å²) in [4.78, 5) is 36.2. The molecule has 0 bridgehead atoms. The third kappa shape index (κ3) is 5.34. The van der Waals surface area contributed by atoms with Crippen LogP contribution in [0.2, 0.25) is 0 Å². The molecule has 1 aromatic heterocycles. The van der Waals surface area contributed by atoms with Crippen LogP contribution in [0.3, 0.4) is 0 Å². The number of sulfonamides is 1. The Balaban J connectivity index is 1.62. The molecule has 11 heteroatoms. The summed E-state index contributed by atoms with van der Waals surface area (Å²) in [6.07, 6.45) is 0.482. The Morgan fingerprint density at radius 3 is 2.38 bits per heavy atom. The number of primary amides is 1. The van der Waals surface area contributed by atoms with Crippen LogP contribution in [0.5, 0.6) is 0 Å². The third-order valence-electron chi connectivity index (χ3n) is 5.29. The number of hydrogen-bond acceptors (Lipinski definition) is 7. The van der Waals surface area contributed by atoms with Crippen LogP contribution in [-0.4, -0.2) is 49.7 Å². The van der Waals surface area contributed by atoms with Crippen LogP contribution >= 0.6 is 11.3 Å². The van der Waals surface area contributed by atoms with Crippen molar-refractivity contribution in [1.82, 2.24) is 4.31 Å². The van der Waals surface area contributed by atoms with Crippen molar-refractivity contribution in [3.63, 3.8) is 0 Å². The van der Waals surface area contributed by atoms with Crippen LogP contribution < -0.4 is 11.1 Å². The van der Waals surface area contributed by atoms with Gasteiger partial charge in [-0.2, -0.15) is 4.31 Å². The molecule has 3 N–H and O–H groups in total. The molecular formula is C21H25N3O6S2. The first-order valence-corrected chi connectivity index (χ1v) is 12.4. The van der Waals surface area contributed by atoms with Gasteiger partial charge in [0, 0.05) is 13.1 Å². The van der Waals surface area contributed by atoms with Gasteiger partial charge >= 0.3 is 5.97 Å². The van der Waals surface area contributed by atoms with E-state index in [1.807, 2.05) is 0 Å². The average molecular weight is 480 g/mol. The quantitative estimate of drug-likeness (QED) is 0.586. The van der Waals surface area contributed by atoms with Crippen molar-refractivity contribution in [2.75, 3.05) is 18.4 Å². The third-order valence-corrected chi connectivity index (χ3v) is 8.03. The van der Waals surface area contributed by atoms with Gasteiger partial charge in [0.05, 0.1) is 16.0 Å². The van der Waals surface area contributed by atoms with Crippen LogP contribution in [0.25, 0.3) is 0 Å². The number of anilines is 1. The zero-order valence-corrected chi connectivity index (χ0v) is 19.4. The summed E-state index contributed by atoms with van der Waals surface area (Å²) in [5, 5.41) is 4.39. The number of benzene rings is 1. The Kier molecular flexibility index (Phi) is 7.32. The molecule has 0 radical (unpaired) electrons. The van der Waals surface area contributed by atoms with Crippen molar-refractivity contribution in [2.45, 2.75) is 37.7 Å². The van der Waals surface area contributed by atoms with Crippen molar-refractivity contribution in [2.24, 2.45) is 11.7 Å². The van der Waals surface area contributed by atoms with Crippen molar-refractivity contribution in [3.05, 3.63) is 46.8 Å². The molecule has 1 aliphatic heterocycles. The maximum atomic E-state index is 12.8. The summed E-state index contributed by atoms with van der Waals surface area (Å²) in [6, 6.07) is 6.92. The molecule has 3 rings (SSSR count). The fourth-order valence-corrected chi connectivity index (χ4v) is 5.50. The first-order valence-electron chi connectivity index (χ1n) is 10.1. The molecule has 2 heterocycles. The van der Waals surface area contributed by atoms with Gasteiger partial charge in [-0.3, -0.25) is 9.59 Å². The highest BCUT2D eigenvalue weighted by Gasteiger charge is 2.28. The molecular weight excluding hydrogens is 454 g/mol. The molecule has 1 atom stereocenters. The summed E-state index contributed by atoms with van der Waals surface area (Å²) < 4.78 is 32.2. The van der Waals surface area contributed by atoms with E-state index in [9.17, 15) is 22.8 Å². The number of carbonyl (C=O) groups excluding carboxylic acids is 3. The molecule has 0 spiro atoms. The van der Waals surface area contributed by atoms with Gasteiger partial charge in [0.2, 0.25) is 10.0 Å². The minimum Gasteiger partial charge on any atom is -0.449 e. The predicted molar refractivity (Wildman–Crippen MR) is 120 cm³/mol. The van der Waals surface area contributed by atoms with Crippen LogP contribution in [0, 0.1) is 5.92 Å². The standard InChI is InChI=1S/C21H25N3O6S2/c1-13-7-10-24(11-8-13)32(28,29)16-5-3-15(4-6-16)21(27)30-14(2)19(26)23-20-17(18(22)25)9-12-31-20/h3-6,9,12-14H,7-8,10-11H2,1-2H3,(H2,22,25)(H,23,26). The fourth-order valence-electron chi connectivity index (χ4n) is 3.23. The van der Waals surface area contributed by atoms with Crippen molar-refractivity contribution < 1.29 is 27.5 Å². The van der Waals surface area contributed by atoms with Gasteiger partial charge in [-0.15, -0.1) is 11.3 Å². The molecule has 1 fully saturated rings. The zero-order chi connectivity index (χ0) is 23.5. The minimum atomic E-state index is -3.62. The number of piperidine rings is 1. The lowest BCUT2D eigenvalue weighted by atomic mass is 10.0. The highest BCUT2D eigenvalue weighted by atomic mass is 32.2. The highest BCUT2D eigenvalue weighted by molar-refractivity contribution is 7.89. The van der Waals surface area contributed by atoms with Crippen LogP contribution in [0.15, 0.2) is 40.6 Å². The number of hydrogen-bond donors (Lipinski definition) is 2. The topological polar surface area (TPSA) is 136 Å². The van der Waals surface area contributed by atoms with E-state index in [-0.39, 0.29) is 21.0 Å². The number of thiophene rings is 1. The second-order valence-corrected chi connectivity index (χ2v) is 10.5. The van der Waals surface area contributed by atoms with Crippen molar-refractivity contribution >= 4 is 44.1 Å². The molecule has 1 aromatic carbocycles. The molecule has 1 aliphatic rings. The molecule has 2 aromatic rings. The summed E-state index contributed by atoms with van der Waals surface area (Å²) >= 11 is 1.12. The van der Waals surface area contributed by atoms with Gasteiger partial charge in [0.1, 0.15) is 5.00 Å². The molecule has 172 valence electrons. The lowest BCUT2D eigenvalue weighted by molar-refractivity contribution is -0.123. The monoisotopic (exact) mass is 479 g/mol. The van der Waals surface area contributed by atoms with E-state index < -0.39 is 33.9 Å². The lowest BCUT2D eigenvalue weighted by Gasteiger charge is -2.29. The van der Waals surface area contributed by atoms with Crippen molar-refractivity contribution in [1.29, 1.82) is 0 Å². The lowest BCUT2D eigenvalue weighted by Crippen LogP contribution is -2.37. The van der Waals surface area contributed by atoms with E-state index in [1.54, 1.807) is 5.38 Å². The van der Waals surface area contributed by atoms with E-state index in [0.29, 0.717) is 19.0 Å². The SMILES string of the molecule is CC1CCN(S(=O)(=O)c2ccc(C(=O)OC(C)C(=O)Nc3sccc3C(N)=O)cc2)CC1. The maximum absolute atomic E-state index is 12.8. The summed E-state index contributed by atoms with van der Waals surface area (Å²) in [7, 11) is -3.62. The normalized spacial score (nSPS) is 16.3. The Morgan fingerprint density at radius 1 is 1.16 bits per heavy atom. The molecule has 2 amide bonds. The molecule has 1 unspecified atom stereocenters. The molecule has 0 aliphatic carbocycles. The number of nitrogens with one attached hydrogen (secondary N) is 1. The smallest absolute Gasteiger partial charge is 0.338 e. The van der Waals surface area contributed by atoms with Gasteiger partial charge in [-0.05, 0) is 61.4 Å². The molecule has 0 saturated carbocycles. The number of esters is 1. The largest absolute Gasteiger partial charge is 0.449 e. The zero-order valence-electron chi connectivity index (χ0n) is 17.7. The van der Waals surface area contributed by atoms with Gasteiger partial charge in [0.25, 0.3) is 11.8 Å². The second kappa shape index (κ2) is 9.80. The fraction of sp³-hybridized carbons (Fsp3) is 0.381. The number of carbonyl (C=O) groups is 3. The van der Waals surface area contributed by atoms with Gasteiger partial charge < -0.3 is 15.8 Å².